The lowest BCUT2D eigenvalue weighted by atomic mass is 10.0. The molecule has 0 bridgehead atoms. The first-order valence-electron chi connectivity index (χ1n) is 10.3. The topological polar surface area (TPSA) is 77.8 Å². The summed E-state index contributed by atoms with van der Waals surface area (Å²) in [7, 11) is 3.83. The lowest BCUT2D eigenvalue weighted by Crippen LogP contribution is -2.02. The molecule has 3 aromatic heterocycles. The second-order valence-corrected chi connectivity index (χ2v) is 7.39. The average Bonchev–Trinajstić information content (AvgIpc) is 3.27. The van der Waals surface area contributed by atoms with E-state index in [1.54, 1.807) is 18.6 Å². The van der Waals surface area contributed by atoms with E-state index in [0.717, 1.165) is 45.0 Å². The van der Waals surface area contributed by atoms with Crippen LogP contribution in [0.3, 0.4) is 0 Å². The molecule has 0 spiro atoms. The van der Waals surface area contributed by atoms with E-state index in [1.165, 1.54) is 0 Å². The molecule has 3 heterocycles. The fraction of sp³-hybridized carbons (Fsp3) is 0.120. The van der Waals surface area contributed by atoms with E-state index in [9.17, 15) is 0 Å². The highest BCUT2D eigenvalue weighted by Gasteiger charge is 2.10. The van der Waals surface area contributed by atoms with E-state index in [1.807, 2.05) is 55.2 Å². The highest BCUT2D eigenvalue weighted by Crippen LogP contribution is 2.30. The number of fused-ring (bicyclic) bond motifs is 1. The molecular formula is C25H22N6O. The third kappa shape index (κ3) is 3.88. The Morgan fingerprint density at radius 3 is 2.50 bits per heavy atom. The van der Waals surface area contributed by atoms with Crippen LogP contribution in [-0.4, -0.2) is 31.6 Å². The van der Waals surface area contributed by atoms with Crippen molar-refractivity contribution in [3.8, 4) is 28.3 Å². The third-order valence-corrected chi connectivity index (χ3v) is 5.33. The largest absolute Gasteiger partial charge is 0.486 e. The third-order valence-electron chi connectivity index (χ3n) is 5.33. The summed E-state index contributed by atoms with van der Waals surface area (Å²) >= 11 is 0. The Balaban J connectivity index is 1.42. The van der Waals surface area contributed by atoms with Gasteiger partial charge in [-0.1, -0.05) is 18.2 Å². The van der Waals surface area contributed by atoms with E-state index >= 15 is 0 Å². The first-order valence-corrected chi connectivity index (χ1v) is 10.3. The van der Waals surface area contributed by atoms with Crippen LogP contribution in [-0.2, 0) is 13.7 Å². The number of aromatic nitrogens is 5. The van der Waals surface area contributed by atoms with Crippen LogP contribution in [0.5, 0.6) is 5.75 Å². The first-order chi connectivity index (χ1) is 15.7. The maximum atomic E-state index is 5.87. The van der Waals surface area contributed by atoms with Crippen molar-refractivity contribution in [2.75, 3.05) is 12.4 Å². The quantitative estimate of drug-likeness (QED) is 0.427. The van der Waals surface area contributed by atoms with Gasteiger partial charge in [0, 0.05) is 49.8 Å². The molecule has 7 nitrogen and oxygen atoms in total. The Morgan fingerprint density at radius 2 is 1.78 bits per heavy atom. The van der Waals surface area contributed by atoms with Gasteiger partial charge in [-0.3, -0.25) is 4.98 Å². The van der Waals surface area contributed by atoms with Gasteiger partial charge in [-0.2, -0.15) is 0 Å². The van der Waals surface area contributed by atoms with Crippen molar-refractivity contribution in [3.63, 3.8) is 0 Å². The fourth-order valence-electron chi connectivity index (χ4n) is 3.55. The zero-order chi connectivity index (χ0) is 21.9. The summed E-state index contributed by atoms with van der Waals surface area (Å²) in [6.45, 7) is 0.432. The van der Waals surface area contributed by atoms with Crippen molar-refractivity contribution in [2.45, 2.75) is 6.61 Å². The molecule has 1 N–H and O–H groups in total. The van der Waals surface area contributed by atoms with E-state index in [-0.39, 0.29) is 0 Å². The SMILES string of the molecule is CNc1nc(-c2cccnc2)nc2ccc(-c3ccc(OCc4nccn4C)cc3)cc12. The average molecular weight is 422 g/mol. The highest BCUT2D eigenvalue weighted by atomic mass is 16.5. The summed E-state index contributed by atoms with van der Waals surface area (Å²) < 4.78 is 7.81. The molecule has 0 saturated carbocycles. The first kappa shape index (κ1) is 19.7. The number of aryl methyl sites for hydroxylation is 1. The zero-order valence-electron chi connectivity index (χ0n) is 17.9. The van der Waals surface area contributed by atoms with Gasteiger partial charge in [-0.25, -0.2) is 15.0 Å². The lowest BCUT2D eigenvalue weighted by molar-refractivity contribution is 0.292. The zero-order valence-corrected chi connectivity index (χ0v) is 17.9. The predicted molar refractivity (Wildman–Crippen MR) is 125 cm³/mol. The van der Waals surface area contributed by atoms with Crippen LogP contribution in [0.15, 0.2) is 79.4 Å². The van der Waals surface area contributed by atoms with Crippen LogP contribution in [0.1, 0.15) is 5.82 Å². The van der Waals surface area contributed by atoms with Crippen molar-refractivity contribution in [1.29, 1.82) is 0 Å². The summed E-state index contributed by atoms with van der Waals surface area (Å²) in [5, 5.41) is 4.17. The molecule has 32 heavy (non-hydrogen) atoms. The van der Waals surface area contributed by atoms with Gasteiger partial charge >= 0.3 is 0 Å². The Labute approximate surface area is 185 Å². The number of imidazole rings is 1. The maximum absolute atomic E-state index is 5.87. The van der Waals surface area contributed by atoms with Gasteiger partial charge in [0.25, 0.3) is 0 Å². The van der Waals surface area contributed by atoms with Crippen LogP contribution >= 0.6 is 0 Å². The molecule has 0 atom stereocenters. The molecule has 0 radical (unpaired) electrons. The smallest absolute Gasteiger partial charge is 0.163 e. The van der Waals surface area contributed by atoms with Crippen molar-refractivity contribution in [1.82, 2.24) is 24.5 Å². The van der Waals surface area contributed by atoms with Crippen LogP contribution in [0.25, 0.3) is 33.4 Å². The number of hydrogen-bond donors (Lipinski definition) is 1. The number of nitrogens with zero attached hydrogens (tertiary/aromatic N) is 5. The number of benzene rings is 2. The Bertz CT molecular complexity index is 1360. The number of pyridine rings is 1. The van der Waals surface area contributed by atoms with Crippen molar-refractivity contribution >= 4 is 16.7 Å². The van der Waals surface area contributed by atoms with Crippen LogP contribution < -0.4 is 10.1 Å². The monoisotopic (exact) mass is 422 g/mol. The minimum Gasteiger partial charge on any atom is -0.486 e. The van der Waals surface area contributed by atoms with Gasteiger partial charge in [-0.05, 0) is 47.5 Å². The highest BCUT2D eigenvalue weighted by molar-refractivity contribution is 5.93. The summed E-state index contributed by atoms with van der Waals surface area (Å²) in [4.78, 5) is 17.9. The number of nitrogens with one attached hydrogen (secondary N) is 1. The van der Waals surface area contributed by atoms with Crippen molar-refractivity contribution in [2.24, 2.45) is 7.05 Å². The summed E-state index contributed by atoms with van der Waals surface area (Å²) in [6.07, 6.45) is 7.19. The minimum atomic E-state index is 0.432. The molecule has 7 heteroatoms. The van der Waals surface area contributed by atoms with E-state index in [2.05, 4.69) is 39.6 Å². The Hall–Kier alpha value is -4.26. The summed E-state index contributed by atoms with van der Waals surface area (Å²) in [6, 6.07) is 18.1. The van der Waals surface area contributed by atoms with E-state index in [0.29, 0.717) is 12.4 Å². The lowest BCUT2D eigenvalue weighted by Gasteiger charge is -2.11. The van der Waals surface area contributed by atoms with E-state index in [4.69, 9.17) is 14.7 Å². The second kappa shape index (κ2) is 8.47. The second-order valence-electron chi connectivity index (χ2n) is 7.39. The van der Waals surface area contributed by atoms with Gasteiger partial charge in [0.15, 0.2) is 5.82 Å². The number of rotatable bonds is 6. The number of ether oxygens (including phenoxy) is 1. The van der Waals surface area contributed by atoms with Gasteiger partial charge in [0.2, 0.25) is 0 Å². The van der Waals surface area contributed by atoms with E-state index < -0.39 is 0 Å². The molecule has 0 aliphatic rings. The molecule has 0 aliphatic carbocycles. The van der Waals surface area contributed by atoms with Gasteiger partial charge in [-0.15, -0.1) is 0 Å². The molecule has 0 aliphatic heterocycles. The molecule has 5 rings (SSSR count). The van der Waals surface area contributed by atoms with Crippen molar-refractivity contribution in [3.05, 3.63) is 85.2 Å². The summed E-state index contributed by atoms with van der Waals surface area (Å²) in [5.74, 6) is 3.12. The van der Waals surface area contributed by atoms with Crippen LogP contribution in [0.2, 0.25) is 0 Å². The molecule has 2 aromatic carbocycles. The molecule has 5 aromatic rings. The molecule has 0 unspecified atom stereocenters. The molecule has 0 fully saturated rings. The fourth-order valence-corrected chi connectivity index (χ4v) is 3.55. The summed E-state index contributed by atoms with van der Waals surface area (Å²) in [5.41, 5.74) is 3.94. The normalized spacial score (nSPS) is 10.9. The van der Waals surface area contributed by atoms with Gasteiger partial charge in [0.1, 0.15) is 24.0 Å². The molecular weight excluding hydrogens is 400 g/mol. The predicted octanol–water partition coefficient (Wildman–Crippen LogP) is 4.71. The number of hydrogen-bond acceptors (Lipinski definition) is 6. The van der Waals surface area contributed by atoms with Crippen molar-refractivity contribution < 1.29 is 4.74 Å². The van der Waals surface area contributed by atoms with Gasteiger partial charge in [0.05, 0.1) is 5.52 Å². The molecule has 158 valence electrons. The van der Waals surface area contributed by atoms with Gasteiger partial charge < -0.3 is 14.6 Å². The molecule has 0 saturated heterocycles. The van der Waals surface area contributed by atoms with Crippen LogP contribution in [0.4, 0.5) is 5.82 Å². The molecule has 0 amide bonds. The maximum Gasteiger partial charge on any atom is 0.163 e. The Kier molecular flexibility index (Phi) is 5.21. The number of anilines is 1. The standard InChI is InChI=1S/C25H22N6O/c1-26-25-21-14-18(7-10-22(21)29-24(30-25)19-4-3-11-27-15-19)17-5-8-20(9-6-17)32-16-23-28-12-13-31(23)2/h3-15H,16H2,1-2H3,(H,26,29,30). The van der Waals surface area contributed by atoms with Crippen LogP contribution in [0, 0.1) is 0 Å². The Morgan fingerprint density at radius 1 is 0.938 bits per heavy atom. The minimum absolute atomic E-state index is 0.432.